The van der Waals surface area contributed by atoms with Crippen LogP contribution in [0.25, 0.3) is 0 Å². The minimum absolute atomic E-state index is 0.0906. The van der Waals surface area contributed by atoms with Crippen LogP contribution >= 0.6 is 0 Å². The Kier molecular flexibility index (Phi) is 6.87. The molecule has 4 aliphatic rings. The Bertz CT molecular complexity index is 1820. The number of aromatic hydroxyl groups is 1. The fraction of sp³-hybridized carbons (Fsp3) is 0.438. The first-order valence-corrected chi connectivity index (χ1v) is 17.6. The van der Waals surface area contributed by atoms with Crippen molar-refractivity contribution in [3.05, 3.63) is 76.9 Å². The number of likely N-dealkylation sites (N-methyl/N-ethyl adjacent to an activating group) is 1. The first-order chi connectivity index (χ1) is 21.2. The van der Waals surface area contributed by atoms with Crippen LogP contribution < -0.4 is 9.47 Å². The summed E-state index contributed by atoms with van der Waals surface area (Å²) in [6.45, 7) is 4.25. The maximum absolute atomic E-state index is 13.9. The Morgan fingerprint density at radius 3 is 2.02 bits per heavy atom. The van der Waals surface area contributed by atoms with Crippen LogP contribution in [0.15, 0.2) is 64.4 Å². The van der Waals surface area contributed by atoms with Crippen molar-refractivity contribution in [2.75, 3.05) is 20.7 Å². The molecule has 0 radical (unpaired) electrons. The monoisotopic (exact) mass is 657 g/mol. The summed E-state index contributed by atoms with van der Waals surface area (Å²) in [5, 5.41) is 23.1. The number of hydrogen-bond donors (Lipinski definition) is 2. The van der Waals surface area contributed by atoms with Crippen LogP contribution in [0.5, 0.6) is 17.2 Å². The van der Waals surface area contributed by atoms with Crippen molar-refractivity contribution in [3.8, 4) is 17.2 Å². The molecule has 3 aromatic rings. The van der Waals surface area contributed by atoms with Crippen LogP contribution in [0.1, 0.15) is 35.1 Å². The van der Waals surface area contributed by atoms with Crippen LogP contribution in [0, 0.1) is 19.8 Å². The molecule has 2 N–H and O–H groups in total. The number of phenols is 1. The van der Waals surface area contributed by atoms with Crippen LogP contribution in [-0.2, 0) is 40.4 Å². The van der Waals surface area contributed by atoms with Crippen molar-refractivity contribution in [1.29, 1.82) is 0 Å². The van der Waals surface area contributed by atoms with Crippen molar-refractivity contribution in [2.24, 2.45) is 5.92 Å². The number of phenolic OH excluding ortho intramolecular Hbond substituents is 1. The summed E-state index contributed by atoms with van der Waals surface area (Å²) < 4.78 is 79.3. The number of hydrogen-bond acceptors (Lipinski definition) is 11. The van der Waals surface area contributed by atoms with E-state index in [1.165, 1.54) is 31.4 Å². The van der Waals surface area contributed by atoms with E-state index in [1.807, 2.05) is 7.05 Å². The van der Waals surface area contributed by atoms with E-state index in [4.69, 9.17) is 17.8 Å². The zero-order valence-corrected chi connectivity index (χ0v) is 26.9. The van der Waals surface area contributed by atoms with Gasteiger partial charge in [-0.15, -0.1) is 0 Å². The molecule has 2 aliphatic heterocycles. The number of nitrogens with zero attached hydrogens (tertiary/aromatic N) is 1. The van der Waals surface area contributed by atoms with Gasteiger partial charge in [0.2, 0.25) is 11.5 Å². The fourth-order valence-corrected chi connectivity index (χ4v) is 10.3. The maximum atomic E-state index is 13.9. The van der Waals surface area contributed by atoms with Crippen molar-refractivity contribution in [2.45, 2.75) is 72.4 Å². The average molecular weight is 658 g/mol. The lowest BCUT2D eigenvalue weighted by atomic mass is 9.50. The van der Waals surface area contributed by atoms with Crippen LogP contribution in [-0.4, -0.2) is 76.7 Å². The van der Waals surface area contributed by atoms with E-state index < -0.39 is 49.6 Å². The number of aliphatic hydroxyl groups is 1. The Hall–Kier alpha value is -3.20. The lowest BCUT2D eigenvalue weighted by Crippen LogP contribution is -2.73. The summed E-state index contributed by atoms with van der Waals surface area (Å²) in [6, 6.07) is 13.2. The second-order valence-electron chi connectivity index (χ2n) is 12.6. The molecule has 5 atom stereocenters. The molecule has 2 fully saturated rings. The van der Waals surface area contributed by atoms with Gasteiger partial charge in [0.25, 0.3) is 20.2 Å². The summed E-state index contributed by atoms with van der Waals surface area (Å²) in [4.78, 5) is 1.68. The van der Waals surface area contributed by atoms with E-state index >= 15 is 0 Å². The van der Waals surface area contributed by atoms with Gasteiger partial charge in [-0.1, -0.05) is 35.4 Å². The number of methoxy groups -OCH3 is 1. The first-order valence-electron chi connectivity index (χ1n) is 14.8. The number of ether oxygens (including phenoxy) is 2. The van der Waals surface area contributed by atoms with E-state index in [1.54, 1.807) is 44.2 Å². The summed E-state index contributed by atoms with van der Waals surface area (Å²) in [5.41, 5.74) is 2.39. The highest BCUT2D eigenvalue weighted by Gasteiger charge is 2.73. The molecule has 2 heterocycles. The minimum Gasteiger partial charge on any atom is -0.504 e. The van der Waals surface area contributed by atoms with Crippen molar-refractivity contribution >= 4 is 20.2 Å². The lowest BCUT2D eigenvalue weighted by Gasteiger charge is -2.61. The number of likely N-dealkylation sites (tertiary alicyclic amines) is 1. The van der Waals surface area contributed by atoms with Gasteiger partial charge in [-0.2, -0.15) is 16.8 Å². The third-order valence-electron chi connectivity index (χ3n) is 10.1. The highest BCUT2D eigenvalue weighted by molar-refractivity contribution is 7.87. The summed E-state index contributed by atoms with van der Waals surface area (Å²) >= 11 is 0. The van der Waals surface area contributed by atoms with Crippen LogP contribution in [0.4, 0.5) is 0 Å². The Labute approximate surface area is 262 Å². The molecule has 240 valence electrons. The molecule has 7 rings (SSSR count). The van der Waals surface area contributed by atoms with Gasteiger partial charge < -0.3 is 24.6 Å². The highest BCUT2D eigenvalue weighted by atomic mass is 32.2. The van der Waals surface area contributed by atoms with Crippen molar-refractivity contribution in [3.63, 3.8) is 0 Å². The molecule has 11 nitrogen and oxygen atoms in total. The summed E-state index contributed by atoms with van der Waals surface area (Å²) in [7, 11) is -6.03. The summed E-state index contributed by atoms with van der Waals surface area (Å²) in [6.07, 6.45) is -2.38. The van der Waals surface area contributed by atoms with E-state index in [9.17, 15) is 27.0 Å². The van der Waals surface area contributed by atoms with Crippen LogP contribution in [0.2, 0.25) is 0 Å². The number of rotatable bonds is 7. The predicted octanol–water partition coefficient (Wildman–Crippen LogP) is 3.16. The first kappa shape index (κ1) is 30.5. The lowest BCUT2D eigenvalue weighted by molar-refractivity contribution is -0.261. The minimum atomic E-state index is -4.68. The van der Waals surface area contributed by atoms with E-state index in [-0.39, 0.29) is 39.5 Å². The molecule has 1 saturated heterocycles. The second-order valence-corrected chi connectivity index (χ2v) is 15.7. The van der Waals surface area contributed by atoms with Gasteiger partial charge in [-0.25, -0.2) is 8.37 Å². The number of aryl methyl sites for hydroxylation is 2. The molecular formula is C32H35NO10S2. The molecule has 1 saturated carbocycles. The average Bonchev–Trinajstić information content (AvgIpc) is 3.32. The molecule has 13 heteroatoms. The van der Waals surface area contributed by atoms with Crippen molar-refractivity contribution < 1.29 is 44.9 Å². The van der Waals surface area contributed by atoms with Gasteiger partial charge in [0, 0.05) is 23.4 Å². The highest BCUT2D eigenvalue weighted by Crippen LogP contribution is 2.67. The molecule has 3 aromatic carbocycles. The zero-order valence-electron chi connectivity index (χ0n) is 25.3. The standard InChI is InChI=1S/C32H35NO10S2/c1-18-5-9-21(10-6-18)44(36,37)42-32(43-45(38,39)22-11-7-19(2)8-12-22)17-23-24-15-20-16-25(34)27(40-4)28-26(20)31(23,13-14-33(24)3)30(41-28)29(32)35/h5-12,16,23-24,29-30,34-35H,13-15,17H2,1-4H3/t23-,24+,29?,30?,31-/m0/s1. The van der Waals surface area contributed by atoms with E-state index in [0.29, 0.717) is 19.4 Å². The normalized spacial score (nSPS) is 28.3. The van der Waals surface area contributed by atoms with Crippen LogP contribution in [0.3, 0.4) is 0 Å². The number of aliphatic hydroxyl groups excluding tert-OH is 1. The molecule has 1 spiro atoms. The largest absolute Gasteiger partial charge is 0.504 e. The van der Waals surface area contributed by atoms with Gasteiger partial charge >= 0.3 is 0 Å². The number of benzene rings is 3. The van der Waals surface area contributed by atoms with Gasteiger partial charge in [0.05, 0.1) is 16.9 Å². The van der Waals surface area contributed by atoms with Gasteiger partial charge in [-0.05, 0) is 82.1 Å². The SMILES string of the molecule is COc1c(O)cc2c3c1OC1C(O)C(OS(=O)(=O)c4ccc(C)cc4)(OS(=O)(=O)c4ccc(C)cc4)C[C@H]4[C@@H](C2)N(C)CC[C@]314. The Morgan fingerprint density at radius 2 is 1.49 bits per heavy atom. The fourth-order valence-electron chi connectivity index (χ4n) is 7.96. The smallest absolute Gasteiger partial charge is 0.299 e. The Balaban J connectivity index is 1.42. The zero-order chi connectivity index (χ0) is 32.1. The molecular weight excluding hydrogens is 622 g/mol. The molecule has 45 heavy (non-hydrogen) atoms. The third kappa shape index (κ3) is 4.43. The number of piperidine rings is 1. The second kappa shape index (κ2) is 10.1. The maximum Gasteiger partial charge on any atom is 0.299 e. The van der Waals surface area contributed by atoms with Gasteiger partial charge in [0.1, 0.15) is 12.2 Å². The Morgan fingerprint density at radius 1 is 0.933 bits per heavy atom. The molecule has 0 aromatic heterocycles. The van der Waals surface area contributed by atoms with Gasteiger partial charge in [-0.3, -0.25) is 0 Å². The van der Waals surface area contributed by atoms with E-state index in [0.717, 1.165) is 22.3 Å². The molecule has 2 aliphatic carbocycles. The van der Waals surface area contributed by atoms with E-state index in [2.05, 4.69) is 4.90 Å². The topological polar surface area (TPSA) is 149 Å². The van der Waals surface area contributed by atoms with Crippen molar-refractivity contribution in [1.82, 2.24) is 4.90 Å². The molecule has 2 bridgehead atoms. The molecule has 0 amide bonds. The summed E-state index contributed by atoms with van der Waals surface area (Å²) in [5.74, 6) is -2.85. The molecule has 2 unspecified atom stereocenters. The quantitative estimate of drug-likeness (QED) is 0.285. The predicted molar refractivity (Wildman–Crippen MR) is 161 cm³/mol. The van der Waals surface area contributed by atoms with Gasteiger partial charge in [0.15, 0.2) is 11.5 Å². The third-order valence-corrected chi connectivity index (χ3v) is 12.8.